The highest BCUT2D eigenvalue weighted by atomic mass is 16.7. The van der Waals surface area contributed by atoms with Crippen LogP contribution in [0.4, 0.5) is 0 Å². The Morgan fingerprint density at radius 1 is 1.03 bits per heavy atom. The number of nitrogens with one attached hydrogen (secondary N) is 1. The van der Waals surface area contributed by atoms with Crippen LogP contribution in [0.5, 0.6) is 17.2 Å². The standard InChI is InChI=1S/C23H22N4O3/c1-24-10-11-28-18-5-2-4-16(12-18)13-22-25-23-7-3-6-19(27(23)26-22)17-8-9-20-21(14-17)30-15-29-20/h2-9,12,14,24H,10-11,13,15H2,1H3. The van der Waals surface area contributed by atoms with Crippen LogP contribution in [-0.2, 0) is 6.42 Å². The summed E-state index contributed by atoms with van der Waals surface area (Å²) in [6, 6.07) is 20.0. The summed E-state index contributed by atoms with van der Waals surface area (Å²) in [6.07, 6.45) is 0.630. The zero-order chi connectivity index (χ0) is 20.3. The number of hydrogen-bond acceptors (Lipinski definition) is 6. The summed E-state index contributed by atoms with van der Waals surface area (Å²) in [5.74, 6) is 3.13. The van der Waals surface area contributed by atoms with Gasteiger partial charge in [0.2, 0.25) is 6.79 Å². The van der Waals surface area contributed by atoms with E-state index in [1.165, 1.54) is 0 Å². The fourth-order valence-corrected chi connectivity index (χ4v) is 3.50. The summed E-state index contributed by atoms with van der Waals surface area (Å²) in [6.45, 7) is 1.69. The number of fused-ring (bicyclic) bond motifs is 2. The van der Waals surface area contributed by atoms with Crippen LogP contribution in [-0.4, -0.2) is 41.6 Å². The van der Waals surface area contributed by atoms with Gasteiger partial charge in [0, 0.05) is 18.5 Å². The van der Waals surface area contributed by atoms with Gasteiger partial charge in [0.15, 0.2) is 23.0 Å². The maximum absolute atomic E-state index is 5.77. The van der Waals surface area contributed by atoms with Gasteiger partial charge in [-0.2, -0.15) is 5.10 Å². The highest BCUT2D eigenvalue weighted by molar-refractivity contribution is 5.67. The van der Waals surface area contributed by atoms with Crippen molar-refractivity contribution in [1.29, 1.82) is 0 Å². The summed E-state index contributed by atoms with van der Waals surface area (Å²) >= 11 is 0. The molecule has 3 heterocycles. The van der Waals surface area contributed by atoms with Crippen molar-refractivity contribution < 1.29 is 14.2 Å². The Morgan fingerprint density at radius 2 is 1.93 bits per heavy atom. The van der Waals surface area contributed by atoms with Crippen molar-refractivity contribution in [3.63, 3.8) is 0 Å². The smallest absolute Gasteiger partial charge is 0.231 e. The molecule has 0 atom stereocenters. The van der Waals surface area contributed by atoms with Crippen molar-refractivity contribution in [2.75, 3.05) is 27.0 Å². The molecule has 7 nitrogen and oxygen atoms in total. The molecule has 1 aliphatic heterocycles. The first-order valence-electron chi connectivity index (χ1n) is 9.91. The molecule has 152 valence electrons. The quantitative estimate of drug-likeness (QED) is 0.478. The lowest BCUT2D eigenvalue weighted by Gasteiger charge is -2.07. The van der Waals surface area contributed by atoms with Gasteiger partial charge in [0.05, 0.1) is 5.69 Å². The molecule has 2 aromatic carbocycles. The van der Waals surface area contributed by atoms with Crippen LogP contribution in [0.15, 0.2) is 60.7 Å². The molecule has 2 aromatic heterocycles. The molecule has 7 heteroatoms. The molecule has 0 spiro atoms. The largest absolute Gasteiger partial charge is 0.492 e. The topological polar surface area (TPSA) is 69.9 Å². The third-order valence-electron chi connectivity index (χ3n) is 4.95. The first kappa shape index (κ1) is 18.4. The van der Waals surface area contributed by atoms with Crippen LogP contribution >= 0.6 is 0 Å². The normalized spacial score (nSPS) is 12.4. The van der Waals surface area contributed by atoms with Crippen molar-refractivity contribution in [3.8, 4) is 28.5 Å². The number of benzene rings is 2. The summed E-state index contributed by atoms with van der Waals surface area (Å²) in [5, 5.41) is 7.84. The van der Waals surface area contributed by atoms with E-state index >= 15 is 0 Å². The number of rotatable bonds is 7. The Morgan fingerprint density at radius 3 is 2.87 bits per heavy atom. The van der Waals surface area contributed by atoms with E-state index in [4.69, 9.17) is 24.3 Å². The fraction of sp³-hybridized carbons (Fsp3) is 0.217. The van der Waals surface area contributed by atoms with E-state index in [1.54, 1.807) is 0 Å². The van der Waals surface area contributed by atoms with Crippen LogP contribution in [0.25, 0.3) is 16.9 Å². The average molecular weight is 402 g/mol. The van der Waals surface area contributed by atoms with Gasteiger partial charge in [-0.05, 0) is 55.1 Å². The number of aromatic nitrogens is 3. The molecule has 1 N–H and O–H groups in total. The van der Waals surface area contributed by atoms with Crippen LogP contribution < -0.4 is 19.5 Å². The maximum Gasteiger partial charge on any atom is 0.231 e. The lowest BCUT2D eigenvalue weighted by molar-refractivity contribution is 0.174. The average Bonchev–Trinajstić information content (AvgIpc) is 3.39. The molecule has 4 aromatic rings. The molecular weight excluding hydrogens is 380 g/mol. The van der Waals surface area contributed by atoms with E-state index in [1.807, 2.05) is 66.2 Å². The molecule has 5 rings (SSSR count). The predicted molar refractivity (Wildman–Crippen MR) is 113 cm³/mol. The first-order valence-corrected chi connectivity index (χ1v) is 9.91. The Kier molecular flexibility index (Phi) is 4.94. The van der Waals surface area contributed by atoms with Gasteiger partial charge in [0.25, 0.3) is 0 Å². The monoisotopic (exact) mass is 402 g/mol. The minimum atomic E-state index is 0.258. The SMILES string of the molecule is CNCCOc1cccc(Cc2nc3cccc(-c4ccc5c(c4)OCO5)n3n2)c1. The van der Waals surface area contributed by atoms with Crippen LogP contribution in [0, 0.1) is 0 Å². The summed E-state index contributed by atoms with van der Waals surface area (Å²) in [5.41, 5.74) is 3.87. The molecule has 0 amide bonds. The van der Waals surface area contributed by atoms with Crippen LogP contribution in [0.2, 0.25) is 0 Å². The summed E-state index contributed by atoms with van der Waals surface area (Å²) in [4.78, 5) is 4.72. The van der Waals surface area contributed by atoms with Crippen LogP contribution in [0.3, 0.4) is 0 Å². The molecule has 0 unspecified atom stereocenters. The van der Waals surface area contributed by atoms with Crippen molar-refractivity contribution in [1.82, 2.24) is 19.9 Å². The fourth-order valence-electron chi connectivity index (χ4n) is 3.50. The van der Waals surface area contributed by atoms with Crippen molar-refractivity contribution in [3.05, 3.63) is 72.1 Å². The second-order valence-corrected chi connectivity index (χ2v) is 7.05. The van der Waals surface area contributed by atoms with Gasteiger partial charge in [-0.25, -0.2) is 9.50 Å². The Hall–Kier alpha value is -3.58. The van der Waals surface area contributed by atoms with E-state index < -0.39 is 0 Å². The Bertz CT molecular complexity index is 1190. The summed E-state index contributed by atoms with van der Waals surface area (Å²) < 4.78 is 18.6. The highest BCUT2D eigenvalue weighted by Gasteiger charge is 2.16. The molecule has 30 heavy (non-hydrogen) atoms. The van der Waals surface area contributed by atoms with E-state index in [2.05, 4.69) is 11.4 Å². The molecule has 0 saturated carbocycles. The molecular formula is C23H22N4O3. The van der Waals surface area contributed by atoms with E-state index in [0.29, 0.717) is 13.0 Å². The van der Waals surface area contributed by atoms with Gasteiger partial charge >= 0.3 is 0 Å². The number of hydrogen-bond donors (Lipinski definition) is 1. The lowest BCUT2D eigenvalue weighted by atomic mass is 10.1. The van der Waals surface area contributed by atoms with Gasteiger partial charge in [-0.3, -0.25) is 0 Å². The Balaban J connectivity index is 1.42. The minimum absolute atomic E-state index is 0.258. The zero-order valence-electron chi connectivity index (χ0n) is 16.7. The van der Waals surface area contributed by atoms with Crippen molar-refractivity contribution >= 4 is 5.65 Å². The number of ether oxygens (including phenoxy) is 3. The van der Waals surface area contributed by atoms with Gasteiger partial charge < -0.3 is 19.5 Å². The third-order valence-corrected chi connectivity index (χ3v) is 4.95. The molecule has 0 saturated heterocycles. The molecule has 0 bridgehead atoms. The van der Waals surface area contributed by atoms with E-state index in [9.17, 15) is 0 Å². The third kappa shape index (κ3) is 3.67. The van der Waals surface area contributed by atoms with Crippen molar-refractivity contribution in [2.24, 2.45) is 0 Å². The second kappa shape index (κ2) is 8.04. The Labute approximate surface area is 174 Å². The molecule has 0 radical (unpaired) electrons. The van der Waals surface area contributed by atoms with Crippen molar-refractivity contribution in [2.45, 2.75) is 6.42 Å². The number of pyridine rings is 1. The van der Waals surface area contributed by atoms with Gasteiger partial charge in [-0.15, -0.1) is 0 Å². The van der Waals surface area contributed by atoms with Gasteiger partial charge in [0.1, 0.15) is 12.4 Å². The van der Waals surface area contributed by atoms with E-state index in [0.717, 1.165) is 52.1 Å². The first-order chi connectivity index (χ1) is 14.8. The van der Waals surface area contributed by atoms with E-state index in [-0.39, 0.29) is 6.79 Å². The number of nitrogens with zero attached hydrogens (tertiary/aromatic N) is 3. The predicted octanol–water partition coefficient (Wildman–Crippen LogP) is 3.31. The molecule has 0 aliphatic carbocycles. The summed E-state index contributed by atoms with van der Waals surface area (Å²) in [7, 11) is 1.91. The van der Waals surface area contributed by atoms with Crippen LogP contribution in [0.1, 0.15) is 11.4 Å². The maximum atomic E-state index is 5.77. The minimum Gasteiger partial charge on any atom is -0.492 e. The molecule has 0 fully saturated rings. The van der Waals surface area contributed by atoms with Gasteiger partial charge in [-0.1, -0.05) is 18.2 Å². The zero-order valence-corrected chi connectivity index (χ0v) is 16.7. The molecule has 1 aliphatic rings. The highest BCUT2D eigenvalue weighted by Crippen LogP contribution is 2.35. The number of likely N-dealkylation sites (N-methyl/N-ethyl adjacent to an activating group) is 1. The second-order valence-electron chi connectivity index (χ2n) is 7.05. The lowest BCUT2D eigenvalue weighted by Crippen LogP contribution is -2.15.